The maximum absolute atomic E-state index is 12.7. The topological polar surface area (TPSA) is 111 Å². The monoisotopic (exact) mass is 812 g/mol. The second-order valence-corrected chi connectivity index (χ2v) is 17.8. The van der Waals surface area contributed by atoms with Crippen molar-refractivity contribution in [1.82, 2.24) is 0 Å². The highest BCUT2D eigenvalue weighted by molar-refractivity contribution is 7.45. The zero-order valence-electron chi connectivity index (χ0n) is 36.8. The molecular weight excluding hydrogens is 725 g/mol. The summed E-state index contributed by atoms with van der Waals surface area (Å²) in [7, 11) is 1.16. The third-order valence-corrected chi connectivity index (χ3v) is 10.6. The molecule has 328 valence electrons. The molecule has 0 N–H and O–H groups in total. The Bertz CT molecular complexity index is 1050. The molecule has 0 aromatic rings. The number of esters is 2. The van der Waals surface area contributed by atoms with Crippen molar-refractivity contribution < 1.29 is 42.1 Å². The molecule has 0 heterocycles. The van der Waals surface area contributed by atoms with Crippen molar-refractivity contribution in [3.8, 4) is 0 Å². The number of allylic oxidation sites excluding steroid dienone is 6. The molecule has 0 aliphatic rings. The number of carbonyl (C=O) groups excluding carboxylic acids is 2. The zero-order chi connectivity index (χ0) is 41.4. The third-order valence-electron chi connectivity index (χ3n) is 9.67. The number of unbranched alkanes of at least 4 members (excludes halogenated alkanes) is 21. The summed E-state index contributed by atoms with van der Waals surface area (Å²) in [5.41, 5.74) is 0. The minimum atomic E-state index is -4.63. The number of phosphoric ester groups is 1. The van der Waals surface area contributed by atoms with Gasteiger partial charge in [-0.1, -0.05) is 172 Å². The van der Waals surface area contributed by atoms with Gasteiger partial charge in [0.15, 0.2) is 6.10 Å². The fraction of sp³-hybridized carbons (Fsp3) is 0.826. The van der Waals surface area contributed by atoms with Crippen molar-refractivity contribution in [3.63, 3.8) is 0 Å². The minimum Gasteiger partial charge on any atom is -0.756 e. The van der Waals surface area contributed by atoms with Gasteiger partial charge in [0, 0.05) is 12.8 Å². The maximum Gasteiger partial charge on any atom is 0.306 e. The molecule has 0 aromatic carbocycles. The van der Waals surface area contributed by atoms with E-state index in [0.717, 1.165) is 64.2 Å². The molecule has 10 heteroatoms. The quantitative estimate of drug-likeness (QED) is 0.0197. The van der Waals surface area contributed by atoms with Gasteiger partial charge in [0.2, 0.25) is 0 Å². The van der Waals surface area contributed by atoms with Crippen LogP contribution in [0, 0.1) is 0 Å². The van der Waals surface area contributed by atoms with Gasteiger partial charge in [0.25, 0.3) is 7.82 Å². The molecule has 0 aliphatic heterocycles. The van der Waals surface area contributed by atoms with E-state index < -0.39 is 32.5 Å². The number of quaternary nitrogens is 1. The molecule has 2 atom stereocenters. The minimum absolute atomic E-state index is 0.0330. The fourth-order valence-corrected chi connectivity index (χ4v) is 6.87. The Hall–Kier alpha value is -1.77. The van der Waals surface area contributed by atoms with Crippen molar-refractivity contribution in [2.75, 3.05) is 47.5 Å². The predicted molar refractivity (Wildman–Crippen MR) is 231 cm³/mol. The van der Waals surface area contributed by atoms with Crippen molar-refractivity contribution in [2.45, 2.75) is 200 Å². The summed E-state index contributed by atoms with van der Waals surface area (Å²) in [6, 6.07) is 0. The van der Waals surface area contributed by atoms with Gasteiger partial charge in [-0.25, -0.2) is 0 Å². The molecule has 0 amide bonds. The van der Waals surface area contributed by atoms with Crippen LogP contribution in [0.4, 0.5) is 0 Å². The van der Waals surface area contributed by atoms with Crippen LogP contribution in [-0.4, -0.2) is 70.0 Å². The van der Waals surface area contributed by atoms with Crippen LogP contribution < -0.4 is 4.89 Å². The lowest BCUT2D eigenvalue weighted by Gasteiger charge is -2.28. The highest BCUT2D eigenvalue weighted by atomic mass is 31.2. The molecule has 0 rings (SSSR count). The van der Waals surface area contributed by atoms with Gasteiger partial charge in [-0.05, 0) is 44.9 Å². The van der Waals surface area contributed by atoms with Crippen LogP contribution >= 0.6 is 7.82 Å². The van der Waals surface area contributed by atoms with Gasteiger partial charge in [0.1, 0.15) is 19.8 Å². The lowest BCUT2D eigenvalue weighted by molar-refractivity contribution is -0.870. The summed E-state index contributed by atoms with van der Waals surface area (Å²) in [5.74, 6) is -0.849. The smallest absolute Gasteiger partial charge is 0.306 e. The van der Waals surface area contributed by atoms with Crippen LogP contribution in [0.5, 0.6) is 0 Å². The van der Waals surface area contributed by atoms with Crippen molar-refractivity contribution >= 4 is 19.8 Å². The van der Waals surface area contributed by atoms with Crippen molar-refractivity contribution in [3.05, 3.63) is 36.5 Å². The van der Waals surface area contributed by atoms with Gasteiger partial charge >= 0.3 is 11.9 Å². The van der Waals surface area contributed by atoms with Gasteiger partial charge < -0.3 is 27.9 Å². The van der Waals surface area contributed by atoms with E-state index in [4.69, 9.17) is 18.5 Å². The summed E-state index contributed by atoms with van der Waals surface area (Å²) in [4.78, 5) is 37.5. The zero-order valence-corrected chi connectivity index (χ0v) is 37.7. The number of likely N-dealkylation sites (N-methyl/N-ethyl adjacent to an activating group) is 1. The number of hydrogen-bond donors (Lipinski definition) is 0. The van der Waals surface area contributed by atoms with E-state index in [0.29, 0.717) is 23.9 Å². The van der Waals surface area contributed by atoms with E-state index in [9.17, 15) is 19.0 Å². The van der Waals surface area contributed by atoms with Crippen LogP contribution in [0.15, 0.2) is 36.5 Å². The summed E-state index contributed by atoms with van der Waals surface area (Å²) in [6.45, 7) is 4.11. The Balaban J connectivity index is 4.34. The SMILES string of the molecule is CC/C=C/C/C=C/C/C=C/CCCCCCCC(=O)OC[C@H](COP(=O)([O-])OCC[N+](C)(C)C)OC(=O)CCCCCCCCCCCCCCCCCCC. The average Bonchev–Trinajstić information content (AvgIpc) is 3.15. The summed E-state index contributed by atoms with van der Waals surface area (Å²) >= 11 is 0. The molecular formula is C46H86NO8P. The largest absolute Gasteiger partial charge is 0.756 e. The summed E-state index contributed by atoms with van der Waals surface area (Å²) < 4.78 is 33.9. The molecule has 0 aromatic heterocycles. The molecule has 1 unspecified atom stereocenters. The Kier molecular flexibility index (Phi) is 37.5. The van der Waals surface area contributed by atoms with Gasteiger partial charge in [-0.2, -0.15) is 0 Å². The van der Waals surface area contributed by atoms with Gasteiger partial charge in [0.05, 0.1) is 27.7 Å². The first-order valence-corrected chi connectivity index (χ1v) is 24.2. The molecule has 0 fully saturated rings. The van der Waals surface area contributed by atoms with Crippen LogP contribution in [0.1, 0.15) is 194 Å². The predicted octanol–water partition coefficient (Wildman–Crippen LogP) is 12.3. The lowest BCUT2D eigenvalue weighted by atomic mass is 10.0. The number of hydrogen-bond acceptors (Lipinski definition) is 8. The number of phosphoric acid groups is 1. The average molecular weight is 812 g/mol. The molecule has 0 spiro atoms. The van der Waals surface area contributed by atoms with Crippen molar-refractivity contribution in [2.24, 2.45) is 0 Å². The second-order valence-electron chi connectivity index (χ2n) is 16.4. The first kappa shape index (κ1) is 54.2. The van der Waals surface area contributed by atoms with Gasteiger partial charge in [-0.15, -0.1) is 0 Å². The maximum atomic E-state index is 12.7. The highest BCUT2D eigenvalue weighted by Gasteiger charge is 2.21. The molecule has 0 saturated carbocycles. The van der Waals surface area contributed by atoms with E-state index in [1.807, 2.05) is 21.1 Å². The fourth-order valence-electron chi connectivity index (χ4n) is 6.14. The van der Waals surface area contributed by atoms with Crippen molar-refractivity contribution in [1.29, 1.82) is 0 Å². The number of carbonyl (C=O) groups is 2. The van der Waals surface area contributed by atoms with E-state index in [1.165, 1.54) is 89.9 Å². The highest BCUT2D eigenvalue weighted by Crippen LogP contribution is 2.38. The van der Waals surface area contributed by atoms with E-state index in [2.05, 4.69) is 50.3 Å². The Labute approximate surface area is 344 Å². The first-order chi connectivity index (χ1) is 27.0. The van der Waals surface area contributed by atoms with Crippen LogP contribution in [0.2, 0.25) is 0 Å². The lowest BCUT2D eigenvalue weighted by Crippen LogP contribution is -2.37. The number of nitrogens with zero attached hydrogens (tertiary/aromatic N) is 1. The summed E-state index contributed by atoms with van der Waals surface area (Å²) in [5, 5.41) is 0. The first-order valence-electron chi connectivity index (χ1n) is 22.7. The van der Waals surface area contributed by atoms with Crippen LogP contribution in [0.25, 0.3) is 0 Å². The molecule has 0 saturated heterocycles. The summed E-state index contributed by atoms with van der Waals surface area (Å²) in [6.07, 6.45) is 43.1. The van der Waals surface area contributed by atoms with E-state index in [-0.39, 0.29) is 26.1 Å². The van der Waals surface area contributed by atoms with E-state index >= 15 is 0 Å². The Morgan fingerprint density at radius 2 is 1.02 bits per heavy atom. The molecule has 0 aliphatic carbocycles. The molecule has 0 radical (unpaired) electrons. The second kappa shape index (κ2) is 38.7. The van der Waals surface area contributed by atoms with E-state index in [1.54, 1.807) is 0 Å². The van der Waals surface area contributed by atoms with Crippen LogP contribution in [-0.2, 0) is 32.7 Å². The Morgan fingerprint density at radius 1 is 0.571 bits per heavy atom. The molecule has 56 heavy (non-hydrogen) atoms. The number of ether oxygens (including phenoxy) is 2. The normalized spacial score (nSPS) is 13.9. The molecule has 9 nitrogen and oxygen atoms in total. The standard InChI is InChI=1S/C46H86NO8P/c1-6-8-10-12-14-16-18-20-22-23-25-27-29-31-33-35-37-39-46(49)55-44(43-54-56(50,51)53-41-40-47(3,4)5)42-52-45(48)38-36-34-32-30-28-26-24-21-19-17-15-13-11-9-7-2/h9,11,15,17,21,24,44H,6-8,10,12-14,16,18-20,22-23,25-43H2,1-5H3/b11-9+,17-15+,24-21+/t44-/m1/s1. The molecule has 0 bridgehead atoms. The Morgan fingerprint density at radius 3 is 1.52 bits per heavy atom. The van der Waals surface area contributed by atoms with Crippen LogP contribution in [0.3, 0.4) is 0 Å². The number of rotatable bonds is 41. The van der Waals surface area contributed by atoms with Gasteiger partial charge in [-0.3, -0.25) is 14.2 Å². The third kappa shape index (κ3) is 41.9.